The number of hydrogen-bond acceptors (Lipinski definition) is 4. The molecule has 142 valence electrons. The van der Waals surface area contributed by atoms with E-state index in [1.165, 1.54) is 0 Å². The third-order valence-electron chi connectivity index (χ3n) is 3.20. The van der Waals surface area contributed by atoms with Crippen LogP contribution in [0.5, 0.6) is 5.75 Å². The van der Waals surface area contributed by atoms with Crippen molar-refractivity contribution in [3.05, 3.63) is 54.6 Å². The van der Waals surface area contributed by atoms with Crippen molar-refractivity contribution in [2.45, 2.75) is 45.8 Å². The van der Waals surface area contributed by atoms with Gasteiger partial charge < -0.3 is 18.0 Å². The van der Waals surface area contributed by atoms with Crippen molar-refractivity contribution < 1.29 is 12.7 Å². The van der Waals surface area contributed by atoms with Gasteiger partial charge >= 0.3 is 8.80 Å². The first kappa shape index (κ1) is 20.9. The fourth-order valence-electron chi connectivity index (χ4n) is 2.68. The average molecular weight is 406 g/mol. The molecule has 0 saturated heterocycles. The van der Waals surface area contributed by atoms with Crippen LogP contribution in [-0.2, 0) is 8.23 Å². The van der Waals surface area contributed by atoms with Gasteiger partial charge in [0.2, 0.25) is 0 Å². The van der Waals surface area contributed by atoms with Crippen LogP contribution in [0, 0.1) is 0 Å². The molecule has 0 heterocycles. The molecule has 0 atom stereocenters. The van der Waals surface area contributed by atoms with Crippen molar-refractivity contribution in [1.29, 1.82) is 0 Å². The lowest BCUT2D eigenvalue weighted by atomic mass is 10.2. The Morgan fingerprint density at radius 2 is 1.08 bits per heavy atom. The monoisotopic (exact) mass is 405 g/mol. The minimum absolute atomic E-state index is 0.786. The predicted octanol–water partition coefficient (Wildman–Crippen LogP) is 6.08. The van der Waals surface area contributed by atoms with Gasteiger partial charge in [0.1, 0.15) is 5.75 Å². The van der Waals surface area contributed by atoms with Crippen LogP contribution < -0.4 is 9.74 Å². The lowest BCUT2D eigenvalue weighted by Crippen LogP contribution is -2.56. The average Bonchev–Trinajstić information content (AvgIpc) is 2.46. The molecular weight excluding hydrogens is 374 g/mol. The van der Waals surface area contributed by atoms with Crippen LogP contribution in [0.1, 0.15) is 0 Å². The first-order valence-corrected chi connectivity index (χ1v) is 18.0. The molecule has 0 spiro atoms. The first-order valence-electron chi connectivity index (χ1n) is 8.96. The molecule has 0 radical (unpaired) electrons. The maximum absolute atomic E-state index is 6.38. The number of nitrogens with one attached hydrogen (secondary N) is 1. The lowest BCUT2D eigenvalue weighted by molar-refractivity contribution is 0.266. The standard InChI is InChI=1S/C19H31NO3Si3/c1-24(2,3)22-26(7,23-25(4,5)6)21-19-15-13-18(14-16-19)20-17-11-9-8-10-12-17/h8-16,20H,1-7H3. The molecule has 0 saturated carbocycles. The fourth-order valence-corrected chi connectivity index (χ4v) is 13.0. The quantitative estimate of drug-likeness (QED) is 0.540. The second-order valence-electron chi connectivity index (χ2n) is 8.41. The van der Waals surface area contributed by atoms with E-state index in [4.69, 9.17) is 12.7 Å². The summed E-state index contributed by atoms with van der Waals surface area (Å²) in [5.41, 5.74) is 2.08. The maximum atomic E-state index is 6.38. The third-order valence-corrected chi connectivity index (χ3v) is 11.7. The smallest absolute Gasteiger partial charge is 0.502 e. The number of anilines is 2. The Hall–Kier alpha value is -1.39. The van der Waals surface area contributed by atoms with E-state index in [0.29, 0.717) is 0 Å². The minimum atomic E-state index is -2.75. The Balaban J connectivity index is 2.12. The lowest BCUT2D eigenvalue weighted by Gasteiger charge is -2.37. The van der Waals surface area contributed by atoms with Gasteiger partial charge in [-0.15, -0.1) is 0 Å². The largest absolute Gasteiger partial charge is 0.541 e. The van der Waals surface area contributed by atoms with Gasteiger partial charge in [0, 0.05) is 17.9 Å². The van der Waals surface area contributed by atoms with E-state index in [2.05, 4.69) is 44.6 Å². The molecule has 4 nitrogen and oxygen atoms in total. The molecule has 1 N–H and O–H groups in total. The van der Waals surface area contributed by atoms with Gasteiger partial charge in [-0.25, -0.2) is 0 Å². The van der Waals surface area contributed by atoms with Crippen molar-refractivity contribution in [3.63, 3.8) is 0 Å². The van der Waals surface area contributed by atoms with E-state index in [-0.39, 0.29) is 0 Å². The predicted molar refractivity (Wildman–Crippen MR) is 117 cm³/mol. The summed E-state index contributed by atoms with van der Waals surface area (Å²) in [7, 11) is -6.32. The summed E-state index contributed by atoms with van der Waals surface area (Å²) in [6, 6.07) is 18.1. The van der Waals surface area contributed by atoms with E-state index in [0.717, 1.165) is 17.1 Å². The Morgan fingerprint density at radius 1 is 0.615 bits per heavy atom. The number of benzene rings is 2. The fraction of sp³-hybridized carbons (Fsp3) is 0.368. The summed E-state index contributed by atoms with van der Waals surface area (Å²) >= 11 is 0. The van der Waals surface area contributed by atoms with E-state index in [1.54, 1.807) is 0 Å². The van der Waals surface area contributed by atoms with Gasteiger partial charge in [-0.3, -0.25) is 0 Å². The number of rotatable bonds is 8. The zero-order chi connectivity index (χ0) is 19.4. The summed E-state index contributed by atoms with van der Waals surface area (Å²) in [5, 5.41) is 3.38. The SMILES string of the molecule is C[Si](C)(C)O[Si](C)(Oc1ccc(Nc2ccccc2)cc1)O[Si](C)(C)C. The highest BCUT2D eigenvalue weighted by Crippen LogP contribution is 2.26. The van der Waals surface area contributed by atoms with Crippen molar-refractivity contribution >= 4 is 36.8 Å². The normalized spacial score (nSPS) is 12.7. The second kappa shape index (κ2) is 8.10. The molecule has 2 rings (SSSR count). The number of hydrogen-bond donors (Lipinski definition) is 1. The van der Waals surface area contributed by atoms with E-state index < -0.39 is 25.4 Å². The molecule has 0 aliphatic rings. The summed E-state index contributed by atoms with van der Waals surface area (Å²) in [5.74, 6) is 0.786. The van der Waals surface area contributed by atoms with Crippen LogP contribution in [0.3, 0.4) is 0 Å². The van der Waals surface area contributed by atoms with Crippen molar-refractivity contribution in [1.82, 2.24) is 0 Å². The molecule has 0 aliphatic heterocycles. The van der Waals surface area contributed by atoms with Crippen molar-refractivity contribution in [2.24, 2.45) is 0 Å². The van der Waals surface area contributed by atoms with Crippen LogP contribution in [0.25, 0.3) is 0 Å². The number of para-hydroxylation sites is 1. The van der Waals surface area contributed by atoms with Crippen LogP contribution in [-0.4, -0.2) is 25.4 Å². The van der Waals surface area contributed by atoms with E-state index >= 15 is 0 Å². The Labute approximate surface area is 161 Å². The summed E-state index contributed by atoms with van der Waals surface area (Å²) in [6.07, 6.45) is 0. The highest BCUT2D eigenvalue weighted by atomic mass is 28.5. The third kappa shape index (κ3) is 7.46. The summed E-state index contributed by atoms with van der Waals surface area (Å²) in [6.45, 7) is 15.0. The molecule has 0 amide bonds. The van der Waals surface area contributed by atoms with Crippen molar-refractivity contribution in [2.75, 3.05) is 5.32 Å². The Bertz CT molecular complexity index is 679. The molecule has 0 bridgehead atoms. The summed E-state index contributed by atoms with van der Waals surface area (Å²) < 4.78 is 19.1. The molecule has 26 heavy (non-hydrogen) atoms. The van der Waals surface area contributed by atoms with Gasteiger partial charge in [-0.2, -0.15) is 0 Å². The van der Waals surface area contributed by atoms with E-state index in [9.17, 15) is 0 Å². The zero-order valence-corrected chi connectivity index (χ0v) is 19.9. The first-order chi connectivity index (χ1) is 11.9. The molecule has 2 aromatic carbocycles. The highest BCUT2D eigenvalue weighted by molar-refractivity contribution is 6.85. The minimum Gasteiger partial charge on any atom is -0.502 e. The zero-order valence-electron chi connectivity index (χ0n) is 16.9. The van der Waals surface area contributed by atoms with Gasteiger partial charge in [-0.05, 0) is 75.7 Å². The molecule has 0 fully saturated rings. The van der Waals surface area contributed by atoms with Gasteiger partial charge in [0.05, 0.1) is 0 Å². The summed E-state index contributed by atoms with van der Waals surface area (Å²) in [4.78, 5) is 0. The highest BCUT2D eigenvalue weighted by Gasteiger charge is 2.45. The Kier molecular flexibility index (Phi) is 6.51. The molecule has 0 unspecified atom stereocenters. The van der Waals surface area contributed by atoms with Crippen LogP contribution in [0.2, 0.25) is 45.8 Å². The molecule has 2 aromatic rings. The van der Waals surface area contributed by atoms with Crippen LogP contribution in [0.15, 0.2) is 54.6 Å². The molecule has 7 heteroatoms. The second-order valence-corrected chi connectivity index (χ2v) is 20.4. The molecule has 0 aliphatic carbocycles. The van der Waals surface area contributed by atoms with Gasteiger partial charge in [0.15, 0.2) is 16.6 Å². The van der Waals surface area contributed by atoms with Crippen LogP contribution >= 0.6 is 0 Å². The molecular formula is C19H31NO3Si3. The maximum Gasteiger partial charge on any atom is 0.541 e. The van der Waals surface area contributed by atoms with Gasteiger partial charge in [0.25, 0.3) is 0 Å². The van der Waals surface area contributed by atoms with Crippen LogP contribution in [0.4, 0.5) is 11.4 Å². The molecule has 0 aromatic heterocycles. The van der Waals surface area contributed by atoms with E-state index in [1.807, 2.05) is 61.1 Å². The van der Waals surface area contributed by atoms with Gasteiger partial charge in [-0.1, -0.05) is 18.2 Å². The Morgan fingerprint density at radius 3 is 1.54 bits per heavy atom. The topological polar surface area (TPSA) is 39.7 Å². The van der Waals surface area contributed by atoms with Crippen molar-refractivity contribution in [3.8, 4) is 5.75 Å².